The van der Waals surface area contributed by atoms with Gasteiger partial charge >= 0.3 is 0 Å². The molecule has 2 rings (SSSR count). The largest absolute Gasteiger partial charge is 0.396 e. The Morgan fingerprint density at radius 2 is 2.14 bits per heavy atom. The first-order chi connectivity index (χ1) is 6.75. The van der Waals surface area contributed by atoms with E-state index in [9.17, 15) is 0 Å². The zero-order valence-electron chi connectivity index (χ0n) is 7.27. The maximum Gasteiger partial charge on any atom is 0.171 e. The van der Waals surface area contributed by atoms with Crippen molar-refractivity contribution in [2.75, 3.05) is 11.5 Å². The topological polar surface area (TPSA) is 93.6 Å². The monoisotopic (exact) mass is 207 g/mol. The summed E-state index contributed by atoms with van der Waals surface area (Å²) in [5, 5.41) is 1.55. The summed E-state index contributed by atoms with van der Waals surface area (Å²) in [6.07, 6.45) is 3.44. The first-order valence-corrected chi connectivity index (χ1v) is 4.76. The van der Waals surface area contributed by atoms with Crippen LogP contribution in [0.1, 0.15) is 0 Å². The molecule has 0 saturated carbocycles. The van der Waals surface area contributed by atoms with Crippen LogP contribution < -0.4 is 11.5 Å². The van der Waals surface area contributed by atoms with Crippen LogP contribution in [0.4, 0.5) is 11.5 Å². The third kappa shape index (κ3) is 1.80. The number of anilines is 2. The fraction of sp³-hybridized carbons (Fsp3) is 0. The zero-order chi connectivity index (χ0) is 9.97. The maximum absolute atomic E-state index is 5.57. The quantitative estimate of drug-likeness (QED) is 0.686. The van der Waals surface area contributed by atoms with Crippen LogP contribution in [0.2, 0.25) is 0 Å². The van der Waals surface area contributed by atoms with Crippen LogP contribution in [-0.4, -0.2) is 15.0 Å². The standard InChI is InChI=1S/C8H9N5S/c9-5-1-2-6(13-7(5)10)14-8-11-3-4-12-8/h1-4H,9H2,(H2,10,13)(H,11,12). The Bertz CT molecular complexity index is 425. The number of aromatic amines is 1. The Kier molecular flexibility index (Phi) is 2.28. The molecule has 2 heterocycles. The number of rotatable bonds is 2. The Balaban J connectivity index is 2.22. The van der Waals surface area contributed by atoms with Crippen LogP contribution in [-0.2, 0) is 0 Å². The summed E-state index contributed by atoms with van der Waals surface area (Å²) in [6, 6.07) is 3.53. The summed E-state index contributed by atoms with van der Waals surface area (Å²) in [5.74, 6) is 0.349. The van der Waals surface area contributed by atoms with Gasteiger partial charge in [0.1, 0.15) is 10.8 Å². The van der Waals surface area contributed by atoms with Crippen molar-refractivity contribution >= 4 is 23.3 Å². The van der Waals surface area contributed by atoms with Crippen LogP contribution in [0, 0.1) is 0 Å². The van der Waals surface area contributed by atoms with Crippen LogP contribution in [0.3, 0.4) is 0 Å². The molecule has 2 aromatic rings. The number of hydrogen-bond acceptors (Lipinski definition) is 5. The van der Waals surface area contributed by atoms with Crippen molar-refractivity contribution in [3.63, 3.8) is 0 Å². The summed E-state index contributed by atoms with van der Waals surface area (Å²) in [7, 11) is 0. The van der Waals surface area contributed by atoms with E-state index >= 15 is 0 Å². The SMILES string of the molecule is Nc1ccc(Sc2ncc[nH]2)nc1N. The van der Waals surface area contributed by atoms with Gasteiger partial charge in [-0.1, -0.05) is 0 Å². The maximum atomic E-state index is 5.57. The molecule has 0 aliphatic carbocycles. The predicted octanol–water partition coefficient (Wildman–Crippen LogP) is 1.12. The summed E-state index contributed by atoms with van der Waals surface area (Å²) < 4.78 is 0. The molecule has 0 saturated heterocycles. The van der Waals surface area contributed by atoms with E-state index < -0.39 is 0 Å². The van der Waals surface area contributed by atoms with E-state index in [-0.39, 0.29) is 0 Å². The first kappa shape index (κ1) is 8.89. The molecule has 0 atom stereocenters. The van der Waals surface area contributed by atoms with Crippen molar-refractivity contribution in [2.45, 2.75) is 10.2 Å². The highest BCUT2D eigenvalue weighted by atomic mass is 32.2. The number of aromatic nitrogens is 3. The van der Waals surface area contributed by atoms with E-state index in [1.807, 2.05) is 0 Å². The van der Waals surface area contributed by atoms with Gasteiger partial charge in [-0.2, -0.15) is 0 Å². The molecule has 0 spiro atoms. The molecule has 0 aliphatic rings. The molecule has 0 aliphatic heterocycles. The third-order valence-electron chi connectivity index (χ3n) is 1.61. The Labute approximate surface area is 84.9 Å². The minimum atomic E-state index is 0.349. The molecule has 5 N–H and O–H groups in total. The molecule has 0 bridgehead atoms. The number of nitrogens with two attached hydrogens (primary N) is 2. The van der Waals surface area contributed by atoms with Gasteiger partial charge in [-0.3, -0.25) is 0 Å². The summed E-state index contributed by atoms with van der Waals surface area (Å²) in [6.45, 7) is 0. The van der Waals surface area contributed by atoms with E-state index in [0.717, 1.165) is 10.2 Å². The van der Waals surface area contributed by atoms with E-state index in [0.29, 0.717) is 11.5 Å². The van der Waals surface area contributed by atoms with Crippen molar-refractivity contribution in [1.29, 1.82) is 0 Å². The second-order valence-electron chi connectivity index (χ2n) is 2.62. The van der Waals surface area contributed by atoms with Crippen LogP contribution in [0.5, 0.6) is 0 Å². The van der Waals surface area contributed by atoms with E-state index in [1.54, 1.807) is 24.5 Å². The molecule has 0 aromatic carbocycles. The van der Waals surface area contributed by atoms with E-state index in [1.165, 1.54) is 11.8 Å². The second-order valence-corrected chi connectivity index (χ2v) is 3.63. The van der Waals surface area contributed by atoms with Crippen molar-refractivity contribution in [3.05, 3.63) is 24.5 Å². The molecule has 14 heavy (non-hydrogen) atoms. The lowest BCUT2D eigenvalue weighted by atomic mass is 10.4. The minimum absolute atomic E-state index is 0.349. The lowest BCUT2D eigenvalue weighted by Crippen LogP contribution is -1.97. The molecule has 0 amide bonds. The number of imidazole rings is 1. The number of pyridine rings is 1. The fourth-order valence-electron chi connectivity index (χ4n) is 0.929. The lowest BCUT2D eigenvalue weighted by molar-refractivity contribution is 1.04. The van der Waals surface area contributed by atoms with E-state index in [4.69, 9.17) is 11.5 Å². The third-order valence-corrected chi connectivity index (χ3v) is 2.46. The molecule has 0 fully saturated rings. The number of nitrogen functional groups attached to an aromatic ring is 2. The molecular weight excluding hydrogens is 198 g/mol. The highest BCUT2D eigenvalue weighted by Crippen LogP contribution is 2.24. The van der Waals surface area contributed by atoms with E-state index in [2.05, 4.69) is 15.0 Å². The highest BCUT2D eigenvalue weighted by molar-refractivity contribution is 7.99. The number of hydrogen-bond donors (Lipinski definition) is 3. The average molecular weight is 207 g/mol. The average Bonchev–Trinajstić information content (AvgIpc) is 2.64. The Hall–Kier alpha value is -1.69. The van der Waals surface area contributed by atoms with Gasteiger partial charge in [-0.15, -0.1) is 0 Å². The van der Waals surface area contributed by atoms with Gasteiger partial charge in [-0.25, -0.2) is 9.97 Å². The summed E-state index contributed by atoms with van der Waals surface area (Å²) >= 11 is 1.40. The minimum Gasteiger partial charge on any atom is -0.396 e. The fourth-order valence-corrected chi connectivity index (χ4v) is 1.65. The molecular formula is C8H9N5S. The summed E-state index contributed by atoms with van der Waals surface area (Å²) in [4.78, 5) is 11.1. The lowest BCUT2D eigenvalue weighted by Gasteiger charge is -2.01. The van der Waals surface area contributed by atoms with Crippen LogP contribution in [0.15, 0.2) is 34.7 Å². The molecule has 0 radical (unpaired) electrons. The molecule has 6 heteroatoms. The van der Waals surface area contributed by atoms with Crippen molar-refractivity contribution < 1.29 is 0 Å². The normalized spacial score (nSPS) is 10.3. The summed E-state index contributed by atoms with van der Waals surface area (Å²) in [5.41, 5.74) is 11.6. The molecule has 5 nitrogen and oxygen atoms in total. The van der Waals surface area contributed by atoms with Gasteiger partial charge < -0.3 is 16.5 Å². The number of nitrogens with one attached hydrogen (secondary N) is 1. The van der Waals surface area contributed by atoms with Gasteiger partial charge in [0.25, 0.3) is 0 Å². The van der Waals surface area contributed by atoms with Crippen LogP contribution >= 0.6 is 11.8 Å². The highest BCUT2D eigenvalue weighted by Gasteiger charge is 2.02. The Morgan fingerprint density at radius 3 is 2.79 bits per heavy atom. The van der Waals surface area contributed by atoms with Crippen molar-refractivity contribution in [1.82, 2.24) is 15.0 Å². The van der Waals surface area contributed by atoms with Crippen molar-refractivity contribution in [3.8, 4) is 0 Å². The number of H-pyrrole nitrogens is 1. The van der Waals surface area contributed by atoms with Gasteiger partial charge in [0.2, 0.25) is 0 Å². The first-order valence-electron chi connectivity index (χ1n) is 3.95. The number of nitrogens with zero attached hydrogens (tertiary/aromatic N) is 2. The molecule has 2 aromatic heterocycles. The smallest absolute Gasteiger partial charge is 0.171 e. The molecule has 0 unspecified atom stereocenters. The van der Waals surface area contributed by atoms with Gasteiger partial charge in [0, 0.05) is 12.4 Å². The van der Waals surface area contributed by atoms with Gasteiger partial charge in [-0.05, 0) is 23.9 Å². The van der Waals surface area contributed by atoms with Gasteiger partial charge in [0.15, 0.2) is 5.16 Å². The van der Waals surface area contributed by atoms with Crippen LogP contribution in [0.25, 0.3) is 0 Å². The second kappa shape index (κ2) is 3.59. The zero-order valence-corrected chi connectivity index (χ0v) is 8.08. The Morgan fingerprint density at radius 1 is 1.29 bits per heavy atom. The van der Waals surface area contributed by atoms with Crippen molar-refractivity contribution in [2.24, 2.45) is 0 Å². The molecule has 72 valence electrons. The predicted molar refractivity (Wildman–Crippen MR) is 55.8 cm³/mol. The van der Waals surface area contributed by atoms with Gasteiger partial charge in [0.05, 0.1) is 5.69 Å².